The van der Waals surface area contributed by atoms with Crippen LogP contribution in [0.15, 0.2) is 37.1 Å². The Kier molecular flexibility index (Phi) is 6.47. The molecule has 0 fully saturated rings. The van der Waals surface area contributed by atoms with Crippen molar-refractivity contribution >= 4 is 11.3 Å². The second-order valence-corrected chi connectivity index (χ2v) is 6.97. The smallest absolute Gasteiger partial charge is 0.0444 e. The Morgan fingerprint density at radius 3 is 2.32 bits per heavy atom. The SMILES string of the molecule is C=C(C)c1ccc(C)c(N(CCCC)C(=C)C(C)(C)CC)c1. The van der Waals surface area contributed by atoms with Gasteiger partial charge in [-0.25, -0.2) is 0 Å². The van der Waals surface area contributed by atoms with Gasteiger partial charge in [-0.1, -0.05) is 65.0 Å². The second-order valence-electron chi connectivity index (χ2n) is 6.97. The Hall–Kier alpha value is -1.50. The zero-order valence-electron chi connectivity index (χ0n) is 15.4. The standard InChI is InChI=1S/C21H33N/c1-9-11-14-22(18(6)21(7,8)10-2)20-15-19(16(3)4)13-12-17(20)5/h12-13,15H,3,6,9-11,14H2,1-2,4-5,7-8H3. The van der Waals surface area contributed by atoms with Gasteiger partial charge in [-0.15, -0.1) is 0 Å². The van der Waals surface area contributed by atoms with Gasteiger partial charge < -0.3 is 4.90 Å². The van der Waals surface area contributed by atoms with Gasteiger partial charge in [0, 0.05) is 23.3 Å². The number of benzene rings is 1. The van der Waals surface area contributed by atoms with Crippen molar-refractivity contribution in [2.45, 2.75) is 60.8 Å². The number of nitrogens with zero attached hydrogens (tertiary/aromatic N) is 1. The number of allylic oxidation sites excluding steroid dienone is 2. The van der Waals surface area contributed by atoms with Crippen molar-refractivity contribution in [2.75, 3.05) is 11.4 Å². The lowest BCUT2D eigenvalue weighted by Crippen LogP contribution is -2.32. The number of aryl methyl sites for hydroxylation is 1. The van der Waals surface area contributed by atoms with Gasteiger partial charge in [0.1, 0.15) is 0 Å². The summed E-state index contributed by atoms with van der Waals surface area (Å²) in [6.45, 7) is 22.9. The predicted octanol–water partition coefficient (Wildman–Crippen LogP) is 6.58. The fraction of sp³-hybridized carbons (Fsp3) is 0.524. The van der Waals surface area contributed by atoms with Crippen LogP contribution < -0.4 is 4.90 Å². The van der Waals surface area contributed by atoms with Crippen LogP contribution in [0.25, 0.3) is 5.57 Å². The molecule has 0 saturated carbocycles. The van der Waals surface area contributed by atoms with Crippen molar-refractivity contribution in [1.29, 1.82) is 0 Å². The number of rotatable bonds is 8. The fourth-order valence-corrected chi connectivity index (χ4v) is 2.45. The van der Waals surface area contributed by atoms with E-state index in [1.165, 1.54) is 35.4 Å². The van der Waals surface area contributed by atoms with Gasteiger partial charge in [-0.05, 0) is 43.9 Å². The topological polar surface area (TPSA) is 3.24 Å². The van der Waals surface area contributed by atoms with Crippen molar-refractivity contribution in [3.63, 3.8) is 0 Å². The molecule has 1 aromatic carbocycles. The van der Waals surface area contributed by atoms with Crippen molar-refractivity contribution in [3.05, 3.63) is 48.2 Å². The summed E-state index contributed by atoms with van der Waals surface area (Å²) < 4.78 is 0. The van der Waals surface area contributed by atoms with E-state index in [4.69, 9.17) is 0 Å². The molecule has 0 aliphatic heterocycles. The van der Waals surface area contributed by atoms with E-state index >= 15 is 0 Å². The van der Waals surface area contributed by atoms with Crippen LogP contribution >= 0.6 is 0 Å². The maximum absolute atomic E-state index is 4.45. The molecule has 0 saturated heterocycles. The Balaban J connectivity index is 3.30. The first kappa shape index (κ1) is 18.5. The highest BCUT2D eigenvalue weighted by molar-refractivity contribution is 5.69. The number of hydrogen-bond donors (Lipinski definition) is 0. The Morgan fingerprint density at radius 2 is 1.82 bits per heavy atom. The summed E-state index contributed by atoms with van der Waals surface area (Å²) in [4.78, 5) is 2.43. The van der Waals surface area contributed by atoms with Gasteiger partial charge in [0.25, 0.3) is 0 Å². The summed E-state index contributed by atoms with van der Waals surface area (Å²) in [5.41, 5.74) is 6.22. The summed E-state index contributed by atoms with van der Waals surface area (Å²) in [6, 6.07) is 6.63. The molecule has 0 aliphatic carbocycles. The van der Waals surface area contributed by atoms with E-state index in [0.29, 0.717) is 0 Å². The minimum atomic E-state index is 0.111. The van der Waals surface area contributed by atoms with Crippen LogP contribution in [0.2, 0.25) is 0 Å². The quantitative estimate of drug-likeness (QED) is 0.523. The Morgan fingerprint density at radius 1 is 1.18 bits per heavy atom. The van der Waals surface area contributed by atoms with Gasteiger partial charge in [0.2, 0.25) is 0 Å². The number of anilines is 1. The Labute approximate surface area is 137 Å². The van der Waals surface area contributed by atoms with Crippen molar-refractivity contribution in [1.82, 2.24) is 0 Å². The van der Waals surface area contributed by atoms with Gasteiger partial charge >= 0.3 is 0 Å². The van der Waals surface area contributed by atoms with Crippen molar-refractivity contribution < 1.29 is 0 Å². The molecule has 122 valence electrons. The van der Waals surface area contributed by atoms with Crippen LogP contribution in [-0.4, -0.2) is 6.54 Å². The van der Waals surface area contributed by atoms with Gasteiger partial charge in [-0.2, -0.15) is 0 Å². The van der Waals surface area contributed by atoms with Crippen LogP contribution in [0.5, 0.6) is 0 Å². The van der Waals surface area contributed by atoms with Gasteiger partial charge in [0.05, 0.1) is 0 Å². The van der Waals surface area contributed by atoms with E-state index in [-0.39, 0.29) is 5.41 Å². The first-order valence-corrected chi connectivity index (χ1v) is 8.48. The Bertz CT molecular complexity index is 537. The molecule has 22 heavy (non-hydrogen) atoms. The third-order valence-electron chi connectivity index (χ3n) is 4.72. The maximum Gasteiger partial charge on any atom is 0.0444 e. The minimum Gasteiger partial charge on any atom is -0.345 e. The zero-order valence-corrected chi connectivity index (χ0v) is 15.4. The van der Waals surface area contributed by atoms with Gasteiger partial charge in [-0.3, -0.25) is 0 Å². The molecular weight excluding hydrogens is 266 g/mol. The van der Waals surface area contributed by atoms with E-state index in [0.717, 1.165) is 18.5 Å². The lowest BCUT2D eigenvalue weighted by molar-refractivity contribution is 0.415. The summed E-state index contributed by atoms with van der Waals surface area (Å²) >= 11 is 0. The van der Waals surface area contributed by atoms with E-state index in [9.17, 15) is 0 Å². The van der Waals surface area contributed by atoms with Crippen molar-refractivity contribution in [3.8, 4) is 0 Å². The summed E-state index contributed by atoms with van der Waals surface area (Å²) in [6.07, 6.45) is 3.46. The molecule has 0 heterocycles. The first-order chi connectivity index (χ1) is 10.2. The normalized spacial score (nSPS) is 11.4. The highest BCUT2D eigenvalue weighted by Gasteiger charge is 2.25. The molecule has 0 spiro atoms. The predicted molar refractivity (Wildman–Crippen MR) is 101 cm³/mol. The number of hydrogen-bond acceptors (Lipinski definition) is 1. The van der Waals surface area contributed by atoms with E-state index in [1.54, 1.807) is 0 Å². The molecular formula is C21H33N. The lowest BCUT2D eigenvalue weighted by Gasteiger charge is -2.37. The third-order valence-corrected chi connectivity index (χ3v) is 4.72. The van der Waals surface area contributed by atoms with Crippen LogP contribution in [0.3, 0.4) is 0 Å². The average Bonchev–Trinajstić information content (AvgIpc) is 2.48. The van der Waals surface area contributed by atoms with Crippen LogP contribution in [0.1, 0.15) is 65.0 Å². The van der Waals surface area contributed by atoms with Crippen LogP contribution in [-0.2, 0) is 0 Å². The molecule has 0 unspecified atom stereocenters. The molecule has 1 heteroatoms. The third kappa shape index (κ3) is 4.25. The largest absolute Gasteiger partial charge is 0.345 e. The molecule has 0 radical (unpaired) electrons. The lowest BCUT2D eigenvalue weighted by atomic mass is 9.85. The molecule has 1 rings (SSSR count). The summed E-state index contributed by atoms with van der Waals surface area (Å²) in [7, 11) is 0. The van der Waals surface area contributed by atoms with E-state index in [1.807, 2.05) is 0 Å². The molecule has 1 nitrogen and oxygen atoms in total. The molecule has 0 atom stereocenters. The molecule has 0 amide bonds. The highest BCUT2D eigenvalue weighted by atomic mass is 15.1. The minimum absolute atomic E-state index is 0.111. The maximum atomic E-state index is 4.45. The fourth-order valence-electron chi connectivity index (χ4n) is 2.45. The number of unbranched alkanes of at least 4 members (excludes halogenated alkanes) is 1. The van der Waals surface area contributed by atoms with E-state index < -0.39 is 0 Å². The highest BCUT2D eigenvalue weighted by Crippen LogP contribution is 2.36. The first-order valence-electron chi connectivity index (χ1n) is 8.48. The summed E-state index contributed by atoms with van der Waals surface area (Å²) in [5, 5.41) is 0. The monoisotopic (exact) mass is 299 g/mol. The zero-order chi connectivity index (χ0) is 16.9. The average molecular weight is 300 g/mol. The molecule has 1 aromatic rings. The summed E-state index contributed by atoms with van der Waals surface area (Å²) in [5.74, 6) is 0. The second kappa shape index (κ2) is 7.67. The van der Waals surface area contributed by atoms with Crippen molar-refractivity contribution in [2.24, 2.45) is 5.41 Å². The van der Waals surface area contributed by atoms with E-state index in [2.05, 4.69) is 77.8 Å². The van der Waals surface area contributed by atoms with Crippen LogP contribution in [0, 0.1) is 12.3 Å². The molecule has 0 bridgehead atoms. The molecule has 0 aliphatic rings. The van der Waals surface area contributed by atoms with Crippen LogP contribution in [0.4, 0.5) is 5.69 Å². The molecule has 0 N–H and O–H groups in total. The van der Waals surface area contributed by atoms with Gasteiger partial charge in [0.15, 0.2) is 0 Å². The molecule has 0 aromatic heterocycles.